The van der Waals surface area contributed by atoms with Crippen LogP contribution in [-0.2, 0) is 14.6 Å². The first-order valence-corrected chi connectivity index (χ1v) is 13.4. The predicted octanol–water partition coefficient (Wildman–Crippen LogP) is 5.14. The summed E-state index contributed by atoms with van der Waals surface area (Å²) in [6, 6.07) is 15.5. The molecule has 2 aromatic heterocycles. The van der Waals surface area contributed by atoms with Crippen molar-refractivity contribution in [3.05, 3.63) is 71.4 Å². The van der Waals surface area contributed by atoms with E-state index in [1.165, 1.54) is 6.07 Å². The number of hydrogen-bond acceptors (Lipinski definition) is 7. The van der Waals surface area contributed by atoms with Crippen molar-refractivity contribution >= 4 is 55.7 Å². The maximum atomic E-state index is 13.6. The SMILES string of the molecule is O=C1NC(=O)C(CCCC#Cc2ccc(Cl)cc2)(S(=O)(=O)c2ccc(-c3ccccn3)s2)S1. The number of rotatable bonds is 6. The number of nitrogens with zero attached hydrogens (tertiary/aromatic N) is 1. The van der Waals surface area contributed by atoms with Crippen LogP contribution in [0.2, 0.25) is 5.02 Å². The lowest BCUT2D eigenvalue weighted by molar-refractivity contribution is -0.120. The van der Waals surface area contributed by atoms with E-state index in [0.717, 1.165) is 16.9 Å². The third-order valence-corrected chi connectivity index (χ3v) is 10.8. The Kier molecular flexibility index (Phi) is 6.91. The van der Waals surface area contributed by atoms with E-state index in [2.05, 4.69) is 22.1 Å². The van der Waals surface area contributed by atoms with Crippen LogP contribution in [0.25, 0.3) is 10.6 Å². The molecule has 2 amide bonds. The fourth-order valence-corrected chi connectivity index (χ4v) is 8.45. The molecular formula is C23H17ClN2O4S3. The van der Waals surface area contributed by atoms with Crippen LogP contribution in [0, 0.1) is 11.8 Å². The van der Waals surface area contributed by atoms with Crippen LogP contribution in [-0.4, -0.2) is 28.6 Å². The monoisotopic (exact) mass is 516 g/mol. The van der Waals surface area contributed by atoms with Gasteiger partial charge in [-0.15, -0.1) is 11.3 Å². The topological polar surface area (TPSA) is 93.2 Å². The number of carbonyl (C=O) groups is 2. The van der Waals surface area contributed by atoms with Gasteiger partial charge in [-0.1, -0.05) is 29.5 Å². The van der Waals surface area contributed by atoms with Gasteiger partial charge in [0.15, 0.2) is 0 Å². The first kappa shape index (κ1) is 23.5. The molecule has 1 fully saturated rings. The summed E-state index contributed by atoms with van der Waals surface area (Å²) in [6.07, 6.45) is 2.27. The van der Waals surface area contributed by atoms with Crippen molar-refractivity contribution in [2.45, 2.75) is 27.6 Å². The Morgan fingerprint density at radius 1 is 1.06 bits per heavy atom. The lowest BCUT2D eigenvalue weighted by Gasteiger charge is -2.23. The molecule has 1 unspecified atom stereocenters. The number of carbonyl (C=O) groups excluding carboxylic acids is 2. The molecule has 6 nitrogen and oxygen atoms in total. The summed E-state index contributed by atoms with van der Waals surface area (Å²) in [7, 11) is -4.16. The quantitative estimate of drug-likeness (QED) is 0.360. The first-order valence-electron chi connectivity index (χ1n) is 9.86. The molecule has 0 bridgehead atoms. The molecule has 3 aromatic rings. The van der Waals surface area contributed by atoms with E-state index >= 15 is 0 Å². The van der Waals surface area contributed by atoms with Gasteiger partial charge >= 0.3 is 0 Å². The highest BCUT2D eigenvalue weighted by Gasteiger charge is 2.58. The molecular weight excluding hydrogens is 500 g/mol. The molecule has 1 aliphatic rings. The zero-order chi connectivity index (χ0) is 23.5. The van der Waals surface area contributed by atoms with Crippen molar-refractivity contribution in [3.63, 3.8) is 0 Å². The van der Waals surface area contributed by atoms with Crippen molar-refractivity contribution in [3.8, 4) is 22.4 Å². The van der Waals surface area contributed by atoms with Gasteiger partial charge < -0.3 is 0 Å². The summed E-state index contributed by atoms with van der Waals surface area (Å²) >= 11 is 7.42. The summed E-state index contributed by atoms with van der Waals surface area (Å²) in [5.41, 5.74) is 1.42. The normalized spacial score (nSPS) is 18.0. The number of sulfone groups is 1. The number of thioether (sulfide) groups is 1. The Bertz CT molecular complexity index is 1360. The lowest BCUT2D eigenvalue weighted by atomic mass is 10.1. The number of pyridine rings is 1. The molecule has 0 saturated carbocycles. The second kappa shape index (κ2) is 9.69. The van der Waals surface area contributed by atoms with Crippen molar-refractivity contribution in [2.24, 2.45) is 0 Å². The van der Waals surface area contributed by atoms with Gasteiger partial charge in [0.25, 0.3) is 11.1 Å². The lowest BCUT2D eigenvalue weighted by Crippen LogP contribution is -2.43. The molecule has 1 saturated heterocycles. The summed E-state index contributed by atoms with van der Waals surface area (Å²) in [5, 5.41) is 2.09. The Hall–Kier alpha value is -2.64. The minimum atomic E-state index is -4.16. The summed E-state index contributed by atoms with van der Waals surface area (Å²) in [5.74, 6) is 5.16. The van der Waals surface area contributed by atoms with Crippen LogP contribution < -0.4 is 5.32 Å². The third kappa shape index (κ3) is 4.84. The van der Waals surface area contributed by atoms with Crippen LogP contribution in [0.15, 0.2) is 65.0 Å². The zero-order valence-corrected chi connectivity index (χ0v) is 20.3. The molecule has 1 N–H and O–H groups in total. The number of amides is 2. The molecule has 10 heteroatoms. The second-order valence-electron chi connectivity index (χ2n) is 7.10. The van der Waals surface area contributed by atoms with Crippen LogP contribution in [0.3, 0.4) is 0 Å². The smallest absolute Gasteiger partial charge is 0.285 e. The highest BCUT2D eigenvalue weighted by molar-refractivity contribution is 8.25. The Morgan fingerprint density at radius 3 is 2.52 bits per heavy atom. The highest BCUT2D eigenvalue weighted by Crippen LogP contribution is 2.46. The summed E-state index contributed by atoms with van der Waals surface area (Å²) < 4.78 is 25.3. The standard InChI is InChI=1S/C23H17ClN2O4S3/c24-17-10-8-16(9-11-17)6-2-1-4-14-23(21(27)26-22(28)32-23)33(29,30)20-13-12-19(31-20)18-7-3-5-15-25-18/h3,5,7-13,15H,1,4,14H2,(H,26,27,28). The molecule has 0 aliphatic carbocycles. The highest BCUT2D eigenvalue weighted by atomic mass is 35.5. The number of benzene rings is 1. The molecule has 0 radical (unpaired) electrons. The van der Waals surface area contributed by atoms with Gasteiger partial charge in [0.05, 0.1) is 10.6 Å². The number of nitrogens with one attached hydrogen (secondary N) is 1. The van der Waals surface area contributed by atoms with Crippen LogP contribution >= 0.6 is 34.7 Å². The number of unbranched alkanes of at least 4 members (excludes halogenated alkanes) is 1. The van der Waals surface area contributed by atoms with Gasteiger partial charge in [0, 0.05) is 23.2 Å². The van der Waals surface area contributed by atoms with Gasteiger partial charge in [-0.2, -0.15) is 0 Å². The van der Waals surface area contributed by atoms with Gasteiger partial charge in [-0.25, -0.2) is 8.42 Å². The van der Waals surface area contributed by atoms with E-state index in [9.17, 15) is 18.0 Å². The number of hydrogen-bond donors (Lipinski definition) is 1. The Morgan fingerprint density at radius 2 is 1.85 bits per heavy atom. The van der Waals surface area contributed by atoms with Crippen molar-refractivity contribution in [1.29, 1.82) is 0 Å². The van der Waals surface area contributed by atoms with Gasteiger partial charge in [-0.05, 0) is 73.1 Å². The summed E-state index contributed by atoms with van der Waals surface area (Å²) in [6.45, 7) is 0. The molecule has 0 spiro atoms. The van der Waals surface area contributed by atoms with Crippen molar-refractivity contribution < 1.29 is 18.0 Å². The van der Waals surface area contributed by atoms with E-state index in [1.54, 1.807) is 48.7 Å². The number of aromatic nitrogens is 1. The maximum absolute atomic E-state index is 13.6. The van der Waals surface area contributed by atoms with E-state index in [0.29, 0.717) is 40.2 Å². The maximum Gasteiger partial charge on any atom is 0.287 e. The Balaban J connectivity index is 1.56. The number of halogens is 1. The van der Waals surface area contributed by atoms with Crippen LogP contribution in [0.4, 0.5) is 4.79 Å². The second-order valence-corrected chi connectivity index (χ2v) is 12.5. The Labute approximate surface area is 204 Å². The van der Waals surface area contributed by atoms with Crippen molar-refractivity contribution in [2.75, 3.05) is 0 Å². The molecule has 1 aliphatic heterocycles. The minimum absolute atomic E-state index is 0.0211. The van der Waals surface area contributed by atoms with E-state index in [1.807, 2.05) is 6.07 Å². The third-order valence-electron chi connectivity index (χ3n) is 4.90. The largest absolute Gasteiger partial charge is 0.287 e. The van der Waals surface area contributed by atoms with Gasteiger partial charge in [-0.3, -0.25) is 19.9 Å². The van der Waals surface area contributed by atoms with Gasteiger partial charge in [0.1, 0.15) is 4.21 Å². The molecule has 4 rings (SSSR count). The molecule has 33 heavy (non-hydrogen) atoms. The van der Waals surface area contributed by atoms with Crippen LogP contribution in [0.1, 0.15) is 24.8 Å². The molecule has 1 atom stereocenters. The minimum Gasteiger partial charge on any atom is -0.285 e. The number of imide groups is 1. The van der Waals surface area contributed by atoms with E-state index in [-0.39, 0.29) is 10.6 Å². The molecule has 3 heterocycles. The fourth-order valence-electron chi connectivity index (χ4n) is 3.27. The average molecular weight is 517 g/mol. The summed E-state index contributed by atoms with van der Waals surface area (Å²) in [4.78, 5) is 29.6. The van der Waals surface area contributed by atoms with E-state index < -0.39 is 25.1 Å². The molecule has 168 valence electrons. The zero-order valence-electron chi connectivity index (χ0n) is 17.1. The average Bonchev–Trinajstić information content (AvgIpc) is 3.41. The van der Waals surface area contributed by atoms with E-state index in [4.69, 9.17) is 11.6 Å². The van der Waals surface area contributed by atoms with Gasteiger partial charge in [0.2, 0.25) is 13.9 Å². The van der Waals surface area contributed by atoms with Crippen molar-refractivity contribution in [1.82, 2.24) is 10.3 Å². The predicted molar refractivity (Wildman–Crippen MR) is 131 cm³/mol. The molecule has 1 aromatic carbocycles. The fraction of sp³-hybridized carbons (Fsp3) is 0.174. The van der Waals surface area contributed by atoms with Crippen LogP contribution in [0.5, 0.6) is 0 Å². The first-order chi connectivity index (χ1) is 15.8. The number of thiophene rings is 1.